The van der Waals surface area contributed by atoms with Crippen LogP contribution in [0.2, 0.25) is 0 Å². The van der Waals surface area contributed by atoms with Crippen LogP contribution in [0.1, 0.15) is 23.3 Å². The van der Waals surface area contributed by atoms with E-state index in [0.29, 0.717) is 24.6 Å². The minimum atomic E-state index is -0.0558. The van der Waals surface area contributed by atoms with Gasteiger partial charge in [-0.05, 0) is 25.0 Å². The third-order valence-corrected chi connectivity index (χ3v) is 3.20. The zero-order chi connectivity index (χ0) is 13.0. The lowest BCUT2D eigenvalue weighted by Crippen LogP contribution is -2.41. The first kappa shape index (κ1) is 12.8. The summed E-state index contributed by atoms with van der Waals surface area (Å²) in [5, 5.41) is 10.7. The maximum atomic E-state index is 12.2. The molecule has 1 N–H and O–H groups in total. The molecular weight excluding hydrogens is 232 g/mol. The molecule has 1 fully saturated rings. The highest BCUT2D eigenvalue weighted by molar-refractivity contribution is 5.92. The minimum Gasteiger partial charge on any atom is -0.381 e. The van der Waals surface area contributed by atoms with E-state index in [-0.39, 0.29) is 12.0 Å². The highest BCUT2D eigenvalue weighted by Gasteiger charge is 2.24. The number of nitrogens with zero attached hydrogens (tertiary/aromatic N) is 3. The van der Waals surface area contributed by atoms with Crippen molar-refractivity contribution in [1.29, 1.82) is 0 Å². The molecule has 0 bridgehead atoms. The number of ether oxygens (including phenoxy) is 1. The number of likely N-dealkylation sites (tertiary alicyclic amines) is 1. The van der Waals surface area contributed by atoms with Crippen molar-refractivity contribution in [2.24, 2.45) is 0 Å². The predicted molar refractivity (Wildman–Crippen MR) is 67.5 cm³/mol. The van der Waals surface area contributed by atoms with Gasteiger partial charge in [0, 0.05) is 27.2 Å². The number of nitrogens with one attached hydrogen (secondary N) is 1. The first-order valence-corrected chi connectivity index (χ1v) is 6.08. The van der Waals surface area contributed by atoms with Gasteiger partial charge in [0.2, 0.25) is 0 Å². The summed E-state index contributed by atoms with van der Waals surface area (Å²) >= 11 is 0. The lowest BCUT2D eigenvalue weighted by molar-refractivity contribution is 0.0347. The molecule has 6 nitrogen and oxygen atoms in total. The molecule has 1 amide bonds. The van der Waals surface area contributed by atoms with Gasteiger partial charge in [0.25, 0.3) is 5.91 Å². The Hall–Kier alpha value is -1.69. The lowest BCUT2D eigenvalue weighted by Gasteiger charge is -2.30. The molecule has 2 heterocycles. The molecule has 1 aliphatic heterocycles. The van der Waals surface area contributed by atoms with E-state index < -0.39 is 0 Å². The molecule has 0 aromatic carbocycles. The predicted octanol–water partition coefficient (Wildman–Crippen LogP) is 0.769. The smallest absolute Gasteiger partial charge is 0.274 e. The third-order valence-electron chi connectivity index (χ3n) is 3.20. The second kappa shape index (κ2) is 5.77. The van der Waals surface area contributed by atoms with Crippen LogP contribution in [0.5, 0.6) is 0 Å². The van der Waals surface area contributed by atoms with Gasteiger partial charge in [0.05, 0.1) is 6.10 Å². The molecule has 1 saturated heterocycles. The van der Waals surface area contributed by atoms with Gasteiger partial charge in [-0.3, -0.25) is 4.79 Å². The molecule has 0 aliphatic carbocycles. The van der Waals surface area contributed by atoms with E-state index in [1.807, 2.05) is 0 Å². The van der Waals surface area contributed by atoms with Crippen LogP contribution in [0.15, 0.2) is 12.1 Å². The van der Waals surface area contributed by atoms with Crippen LogP contribution in [0.3, 0.4) is 0 Å². The molecule has 0 atom stereocenters. The topological polar surface area (TPSA) is 67.4 Å². The van der Waals surface area contributed by atoms with Crippen molar-refractivity contribution in [2.75, 3.05) is 32.6 Å². The van der Waals surface area contributed by atoms with Crippen molar-refractivity contribution in [3.63, 3.8) is 0 Å². The third kappa shape index (κ3) is 2.76. The van der Waals surface area contributed by atoms with Gasteiger partial charge >= 0.3 is 0 Å². The molecular formula is C12H18N4O2. The molecule has 0 unspecified atom stereocenters. The van der Waals surface area contributed by atoms with Crippen LogP contribution in [0.4, 0.5) is 5.82 Å². The summed E-state index contributed by atoms with van der Waals surface area (Å²) < 4.78 is 5.28. The monoisotopic (exact) mass is 250 g/mol. The molecule has 18 heavy (non-hydrogen) atoms. The molecule has 6 heteroatoms. The second-order valence-electron chi connectivity index (χ2n) is 4.28. The molecule has 0 spiro atoms. The SMILES string of the molecule is CNc1ccc(C(=O)N2CCC(OC)CC2)nn1. The van der Waals surface area contributed by atoms with Crippen LogP contribution in [-0.4, -0.2) is 54.4 Å². The van der Waals surface area contributed by atoms with Gasteiger partial charge in [0.1, 0.15) is 5.82 Å². The van der Waals surface area contributed by atoms with Crippen molar-refractivity contribution in [3.05, 3.63) is 17.8 Å². The molecule has 0 saturated carbocycles. The zero-order valence-corrected chi connectivity index (χ0v) is 10.7. The van der Waals surface area contributed by atoms with E-state index in [1.165, 1.54) is 0 Å². The number of piperidine rings is 1. The van der Waals surface area contributed by atoms with Gasteiger partial charge in [-0.1, -0.05) is 0 Å². The van der Waals surface area contributed by atoms with Gasteiger partial charge in [-0.15, -0.1) is 10.2 Å². The largest absolute Gasteiger partial charge is 0.381 e. The van der Waals surface area contributed by atoms with Crippen LogP contribution in [0.25, 0.3) is 0 Å². The summed E-state index contributed by atoms with van der Waals surface area (Å²) in [6.07, 6.45) is 2.03. The Bertz CT molecular complexity index is 399. The van der Waals surface area contributed by atoms with Crippen molar-refractivity contribution < 1.29 is 9.53 Å². The number of methoxy groups -OCH3 is 1. The summed E-state index contributed by atoms with van der Waals surface area (Å²) in [5.74, 6) is 0.601. The van der Waals surface area contributed by atoms with Crippen molar-refractivity contribution >= 4 is 11.7 Å². The molecule has 1 aromatic rings. The van der Waals surface area contributed by atoms with Crippen LogP contribution >= 0.6 is 0 Å². The van der Waals surface area contributed by atoms with Gasteiger partial charge in [-0.25, -0.2) is 0 Å². The quantitative estimate of drug-likeness (QED) is 0.858. The fraction of sp³-hybridized carbons (Fsp3) is 0.583. The average molecular weight is 250 g/mol. The maximum Gasteiger partial charge on any atom is 0.274 e. The van der Waals surface area contributed by atoms with Gasteiger partial charge in [-0.2, -0.15) is 0 Å². The van der Waals surface area contributed by atoms with E-state index in [1.54, 1.807) is 31.2 Å². The van der Waals surface area contributed by atoms with Crippen LogP contribution in [0, 0.1) is 0 Å². The Morgan fingerprint density at radius 1 is 1.39 bits per heavy atom. The normalized spacial score (nSPS) is 16.7. The van der Waals surface area contributed by atoms with E-state index in [0.717, 1.165) is 12.8 Å². The molecule has 1 aromatic heterocycles. The Labute approximate surface area is 106 Å². The first-order chi connectivity index (χ1) is 8.74. The van der Waals surface area contributed by atoms with Gasteiger partial charge < -0.3 is 15.0 Å². The van der Waals surface area contributed by atoms with Gasteiger partial charge in [0.15, 0.2) is 5.69 Å². The molecule has 0 radical (unpaired) electrons. The number of hydrogen-bond donors (Lipinski definition) is 1. The number of hydrogen-bond acceptors (Lipinski definition) is 5. The Morgan fingerprint density at radius 3 is 2.61 bits per heavy atom. The highest BCUT2D eigenvalue weighted by Crippen LogP contribution is 2.15. The number of amides is 1. The average Bonchev–Trinajstić information content (AvgIpc) is 2.47. The fourth-order valence-electron chi connectivity index (χ4n) is 2.04. The molecule has 1 aliphatic rings. The number of carbonyl (C=O) groups excluding carboxylic acids is 1. The van der Waals surface area contributed by atoms with Crippen LogP contribution < -0.4 is 5.32 Å². The number of rotatable bonds is 3. The Morgan fingerprint density at radius 2 is 2.11 bits per heavy atom. The van der Waals surface area contributed by atoms with Crippen molar-refractivity contribution in [3.8, 4) is 0 Å². The van der Waals surface area contributed by atoms with Crippen molar-refractivity contribution in [2.45, 2.75) is 18.9 Å². The van der Waals surface area contributed by atoms with Crippen LogP contribution in [-0.2, 0) is 4.74 Å². The van der Waals surface area contributed by atoms with E-state index >= 15 is 0 Å². The first-order valence-electron chi connectivity index (χ1n) is 6.08. The summed E-state index contributed by atoms with van der Waals surface area (Å²) in [7, 11) is 3.48. The lowest BCUT2D eigenvalue weighted by atomic mass is 10.1. The fourth-order valence-corrected chi connectivity index (χ4v) is 2.04. The summed E-state index contributed by atoms with van der Waals surface area (Å²) in [5.41, 5.74) is 0.393. The van der Waals surface area contributed by atoms with E-state index in [9.17, 15) is 4.79 Å². The Balaban J connectivity index is 1.98. The summed E-state index contributed by atoms with van der Waals surface area (Å²) in [6, 6.07) is 3.45. The molecule has 98 valence electrons. The molecule has 2 rings (SSSR count). The minimum absolute atomic E-state index is 0.0558. The van der Waals surface area contributed by atoms with Crippen molar-refractivity contribution in [1.82, 2.24) is 15.1 Å². The number of carbonyl (C=O) groups is 1. The second-order valence-corrected chi connectivity index (χ2v) is 4.28. The van der Waals surface area contributed by atoms with E-state index in [4.69, 9.17) is 4.74 Å². The summed E-state index contributed by atoms with van der Waals surface area (Å²) in [4.78, 5) is 14.0. The number of aromatic nitrogens is 2. The maximum absolute atomic E-state index is 12.2. The summed E-state index contributed by atoms with van der Waals surface area (Å²) in [6.45, 7) is 1.43. The number of anilines is 1. The standard InChI is InChI=1S/C12H18N4O2/c1-13-11-4-3-10(14-15-11)12(17)16-7-5-9(18-2)6-8-16/h3-4,9H,5-8H2,1-2H3,(H,13,15). The zero-order valence-electron chi connectivity index (χ0n) is 10.7. The Kier molecular flexibility index (Phi) is 4.09. The van der Waals surface area contributed by atoms with E-state index in [2.05, 4.69) is 15.5 Å². The highest BCUT2D eigenvalue weighted by atomic mass is 16.5.